The molecule has 9 heteroatoms. The number of carbonyl (C=O) groups excluding carboxylic acids is 2. The number of hydrogen-bond acceptors (Lipinski definition) is 7. The number of benzene rings is 1. The van der Waals surface area contributed by atoms with Gasteiger partial charge in [-0.05, 0) is 6.07 Å². The molecular weight excluding hydrogens is 304 g/mol. The predicted molar refractivity (Wildman–Crippen MR) is 73.8 cm³/mol. The first-order valence-electron chi connectivity index (χ1n) is 5.48. The van der Waals surface area contributed by atoms with Crippen LogP contribution in [0, 0.1) is 10.1 Å². The average molecular weight is 315 g/mol. The van der Waals surface area contributed by atoms with Gasteiger partial charge in [-0.15, -0.1) is 0 Å². The summed E-state index contributed by atoms with van der Waals surface area (Å²) in [6.45, 7) is 0. The second kappa shape index (κ2) is 7.25. The Labute approximate surface area is 124 Å². The van der Waals surface area contributed by atoms with Gasteiger partial charge in [-0.1, -0.05) is 11.6 Å². The van der Waals surface area contributed by atoms with Gasteiger partial charge in [0, 0.05) is 12.1 Å². The van der Waals surface area contributed by atoms with Gasteiger partial charge in [0.2, 0.25) is 0 Å². The van der Waals surface area contributed by atoms with E-state index in [-0.39, 0.29) is 22.1 Å². The molecule has 0 bridgehead atoms. The van der Waals surface area contributed by atoms with E-state index in [1.54, 1.807) is 0 Å². The zero-order chi connectivity index (χ0) is 16.0. The first-order chi connectivity index (χ1) is 9.88. The van der Waals surface area contributed by atoms with E-state index in [1.807, 2.05) is 0 Å². The maximum absolute atomic E-state index is 11.6. The fourth-order valence-corrected chi connectivity index (χ4v) is 1.47. The lowest BCUT2D eigenvalue weighted by Gasteiger charge is -2.10. The molecule has 1 N–H and O–H groups in total. The van der Waals surface area contributed by atoms with Gasteiger partial charge in [0.25, 0.3) is 5.69 Å². The van der Waals surface area contributed by atoms with E-state index in [4.69, 9.17) is 11.6 Å². The number of carbonyl (C=O) groups is 2. The van der Waals surface area contributed by atoms with Crippen molar-refractivity contribution in [1.82, 2.24) is 0 Å². The number of nitro groups is 1. The van der Waals surface area contributed by atoms with Gasteiger partial charge >= 0.3 is 11.9 Å². The van der Waals surface area contributed by atoms with Crippen LogP contribution < -0.4 is 5.32 Å². The number of hydrogen-bond donors (Lipinski definition) is 1. The van der Waals surface area contributed by atoms with Crippen molar-refractivity contribution in [3.8, 4) is 0 Å². The van der Waals surface area contributed by atoms with Gasteiger partial charge in [0.1, 0.15) is 5.70 Å². The van der Waals surface area contributed by atoms with E-state index < -0.39 is 16.9 Å². The monoisotopic (exact) mass is 314 g/mol. The van der Waals surface area contributed by atoms with E-state index >= 15 is 0 Å². The zero-order valence-electron chi connectivity index (χ0n) is 11.1. The van der Waals surface area contributed by atoms with Crippen molar-refractivity contribution >= 4 is 34.9 Å². The fraction of sp³-hybridized carbons (Fsp3) is 0.167. The molecule has 21 heavy (non-hydrogen) atoms. The molecule has 0 unspecified atom stereocenters. The topological polar surface area (TPSA) is 108 Å². The van der Waals surface area contributed by atoms with Crippen molar-refractivity contribution < 1.29 is 24.0 Å². The number of rotatable bonds is 5. The van der Waals surface area contributed by atoms with Crippen molar-refractivity contribution in [2.75, 3.05) is 19.5 Å². The summed E-state index contributed by atoms with van der Waals surface area (Å²) in [6.07, 6.45) is 0.848. The van der Waals surface area contributed by atoms with Crippen LogP contribution in [-0.4, -0.2) is 31.1 Å². The van der Waals surface area contributed by atoms with Gasteiger partial charge in [-0.3, -0.25) is 10.1 Å². The van der Waals surface area contributed by atoms with Gasteiger partial charge in [0.15, 0.2) is 0 Å². The maximum atomic E-state index is 11.6. The van der Waals surface area contributed by atoms with Crippen LogP contribution in [-0.2, 0) is 19.1 Å². The first-order valence-corrected chi connectivity index (χ1v) is 5.85. The largest absolute Gasteiger partial charge is 0.466 e. The van der Waals surface area contributed by atoms with Crippen LogP contribution in [0.5, 0.6) is 0 Å². The van der Waals surface area contributed by atoms with Crippen LogP contribution in [0.4, 0.5) is 11.4 Å². The molecule has 0 amide bonds. The van der Waals surface area contributed by atoms with Crippen LogP contribution in [0.25, 0.3) is 0 Å². The molecule has 0 heterocycles. The minimum atomic E-state index is -0.858. The Kier molecular flexibility index (Phi) is 5.67. The van der Waals surface area contributed by atoms with E-state index in [9.17, 15) is 19.7 Å². The summed E-state index contributed by atoms with van der Waals surface area (Å²) in [5, 5.41) is 13.4. The highest BCUT2D eigenvalue weighted by molar-refractivity contribution is 6.33. The molecule has 1 rings (SSSR count). The highest BCUT2D eigenvalue weighted by Gasteiger charge is 2.16. The number of halogens is 1. The molecule has 0 fully saturated rings. The molecular formula is C12H11ClN2O6. The smallest absolute Gasteiger partial charge is 0.354 e. The molecule has 1 aromatic rings. The normalized spacial score (nSPS) is 10.7. The summed E-state index contributed by atoms with van der Waals surface area (Å²) in [5.74, 6) is -1.66. The van der Waals surface area contributed by atoms with E-state index in [0.29, 0.717) is 0 Å². The van der Waals surface area contributed by atoms with Gasteiger partial charge in [0.05, 0.1) is 35.9 Å². The molecule has 0 saturated heterocycles. The molecule has 0 spiro atoms. The summed E-state index contributed by atoms with van der Waals surface area (Å²) in [5.41, 5.74) is -0.428. The Bertz CT molecular complexity index is 614. The second-order valence-corrected chi connectivity index (χ2v) is 4.03. The SMILES string of the molecule is COC(=O)/C=C(/Nc1cc([N+](=O)[O-])ccc1Cl)C(=O)OC. The standard InChI is InChI=1S/C12H11ClN2O6/c1-20-11(16)6-10(12(17)21-2)14-9-5-7(15(18)19)3-4-8(9)13/h3-6,14H,1-2H3/b10-6+. The van der Waals surface area contributed by atoms with Crippen molar-refractivity contribution in [2.24, 2.45) is 0 Å². The number of nitrogens with zero attached hydrogens (tertiary/aromatic N) is 1. The fourth-order valence-electron chi connectivity index (χ4n) is 1.30. The Morgan fingerprint density at radius 2 is 2.00 bits per heavy atom. The number of non-ortho nitro benzene ring substituents is 1. The minimum absolute atomic E-state index is 0.0754. The number of nitrogens with one attached hydrogen (secondary N) is 1. The van der Waals surface area contributed by atoms with Crippen molar-refractivity contribution in [2.45, 2.75) is 0 Å². The number of ether oxygens (including phenoxy) is 2. The highest BCUT2D eigenvalue weighted by Crippen LogP contribution is 2.27. The van der Waals surface area contributed by atoms with Crippen LogP contribution >= 0.6 is 11.6 Å². The number of nitro benzene ring substituents is 1. The van der Waals surface area contributed by atoms with Crippen molar-refractivity contribution in [3.63, 3.8) is 0 Å². The summed E-state index contributed by atoms with van der Waals surface area (Å²) >= 11 is 5.88. The minimum Gasteiger partial charge on any atom is -0.466 e. The molecule has 0 aliphatic carbocycles. The second-order valence-electron chi connectivity index (χ2n) is 3.62. The Balaban J connectivity index is 3.17. The van der Waals surface area contributed by atoms with Gasteiger partial charge in [-0.25, -0.2) is 9.59 Å². The lowest BCUT2D eigenvalue weighted by atomic mass is 10.2. The van der Waals surface area contributed by atoms with E-state index in [0.717, 1.165) is 26.4 Å². The van der Waals surface area contributed by atoms with Gasteiger partial charge < -0.3 is 14.8 Å². The van der Waals surface area contributed by atoms with Gasteiger partial charge in [-0.2, -0.15) is 0 Å². The van der Waals surface area contributed by atoms with Crippen molar-refractivity contribution in [3.05, 3.63) is 45.1 Å². The zero-order valence-corrected chi connectivity index (χ0v) is 11.8. The molecule has 0 atom stereocenters. The lowest BCUT2D eigenvalue weighted by Crippen LogP contribution is -2.15. The molecule has 1 aromatic carbocycles. The van der Waals surface area contributed by atoms with E-state index in [2.05, 4.69) is 14.8 Å². The number of methoxy groups -OCH3 is 2. The summed E-state index contributed by atoms with van der Waals surface area (Å²) < 4.78 is 8.89. The third-order valence-electron chi connectivity index (χ3n) is 2.30. The van der Waals surface area contributed by atoms with Crippen LogP contribution in [0.1, 0.15) is 0 Å². The molecule has 8 nitrogen and oxygen atoms in total. The first kappa shape index (κ1) is 16.4. The molecule has 0 aliphatic heterocycles. The summed E-state index contributed by atoms with van der Waals surface area (Å²) in [7, 11) is 2.25. The molecule has 0 aliphatic rings. The highest BCUT2D eigenvalue weighted by atomic mass is 35.5. The van der Waals surface area contributed by atoms with Crippen LogP contribution in [0.2, 0.25) is 5.02 Å². The Hall–Kier alpha value is -2.61. The average Bonchev–Trinajstić information content (AvgIpc) is 2.47. The van der Waals surface area contributed by atoms with E-state index in [1.165, 1.54) is 12.1 Å². The Morgan fingerprint density at radius 3 is 2.52 bits per heavy atom. The van der Waals surface area contributed by atoms with Crippen LogP contribution in [0.3, 0.4) is 0 Å². The summed E-state index contributed by atoms with van der Waals surface area (Å²) in [6, 6.07) is 3.61. The van der Waals surface area contributed by atoms with Crippen LogP contribution in [0.15, 0.2) is 30.0 Å². The number of anilines is 1. The third kappa shape index (κ3) is 4.46. The third-order valence-corrected chi connectivity index (χ3v) is 2.63. The molecule has 112 valence electrons. The maximum Gasteiger partial charge on any atom is 0.354 e. The predicted octanol–water partition coefficient (Wildman–Crippen LogP) is 1.89. The molecule has 0 saturated carbocycles. The van der Waals surface area contributed by atoms with Crippen molar-refractivity contribution in [1.29, 1.82) is 0 Å². The summed E-state index contributed by atoms with van der Waals surface area (Å²) in [4.78, 5) is 32.9. The number of esters is 2. The lowest BCUT2D eigenvalue weighted by molar-refractivity contribution is -0.384. The molecule has 0 aromatic heterocycles. The molecule has 0 radical (unpaired) electrons. The Morgan fingerprint density at radius 1 is 1.33 bits per heavy atom. The quantitative estimate of drug-likeness (QED) is 0.382.